The molecule has 8 nitrogen and oxygen atoms in total. The van der Waals surface area contributed by atoms with Crippen molar-refractivity contribution in [3.8, 4) is 0 Å². The van der Waals surface area contributed by atoms with E-state index in [9.17, 15) is 19.7 Å². The van der Waals surface area contributed by atoms with Gasteiger partial charge in [-0.3, -0.25) is 10.1 Å². The number of nitro groups is 1. The van der Waals surface area contributed by atoms with Crippen LogP contribution in [0, 0.1) is 10.1 Å². The summed E-state index contributed by atoms with van der Waals surface area (Å²) in [4.78, 5) is 36.6. The highest BCUT2D eigenvalue weighted by Crippen LogP contribution is 2.40. The number of rotatable bonds is 7. The molecule has 8 heteroatoms. The van der Waals surface area contributed by atoms with Crippen molar-refractivity contribution in [1.29, 1.82) is 0 Å². The third-order valence-corrected chi connectivity index (χ3v) is 5.22. The molecule has 0 spiro atoms. The molecule has 0 fully saturated rings. The average Bonchev–Trinajstić information content (AvgIpc) is 2.81. The van der Waals surface area contributed by atoms with Crippen molar-refractivity contribution in [2.24, 2.45) is 0 Å². The third-order valence-electron chi connectivity index (χ3n) is 5.22. The van der Waals surface area contributed by atoms with Crippen LogP contribution in [0.4, 0.5) is 5.69 Å². The molecule has 2 aromatic carbocycles. The van der Waals surface area contributed by atoms with Gasteiger partial charge in [0.1, 0.15) is 6.61 Å². The topological polar surface area (TPSA) is 108 Å². The van der Waals surface area contributed by atoms with Gasteiger partial charge in [-0.05, 0) is 31.1 Å². The number of benzene rings is 2. The zero-order chi connectivity index (χ0) is 24.0. The van der Waals surface area contributed by atoms with Gasteiger partial charge < -0.3 is 14.8 Å². The van der Waals surface area contributed by atoms with E-state index in [2.05, 4.69) is 5.32 Å². The normalized spacial score (nSPS) is 15.9. The molecule has 0 aliphatic carbocycles. The van der Waals surface area contributed by atoms with Crippen molar-refractivity contribution in [2.75, 3.05) is 13.7 Å². The maximum Gasteiger partial charge on any atom is 0.337 e. The first kappa shape index (κ1) is 23.5. The molecule has 33 heavy (non-hydrogen) atoms. The van der Waals surface area contributed by atoms with Gasteiger partial charge in [-0.25, -0.2) is 9.59 Å². The first-order valence-electron chi connectivity index (χ1n) is 10.2. The molecule has 1 heterocycles. The lowest BCUT2D eigenvalue weighted by Gasteiger charge is -2.30. The largest absolute Gasteiger partial charge is 0.466 e. The minimum atomic E-state index is -0.885. The molecule has 0 radical (unpaired) electrons. The lowest BCUT2D eigenvalue weighted by Crippen LogP contribution is -2.32. The summed E-state index contributed by atoms with van der Waals surface area (Å²) in [7, 11) is 1.24. The van der Waals surface area contributed by atoms with Crippen molar-refractivity contribution < 1.29 is 24.0 Å². The second kappa shape index (κ2) is 10.4. The lowest BCUT2D eigenvalue weighted by atomic mass is 9.80. The number of nitrogens with one attached hydrogen (secondary N) is 1. The van der Waals surface area contributed by atoms with Crippen LogP contribution in [0.5, 0.6) is 0 Å². The molecule has 1 atom stereocenters. The molecule has 1 N–H and O–H groups in total. The number of nitrogens with zero attached hydrogens (tertiary/aromatic N) is 1. The lowest BCUT2D eigenvalue weighted by molar-refractivity contribution is -0.384. The molecule has 170 valence electrons. The fourth-order valence-electron chi connectivity index (χ4n) is 3.75. The van der Waals surface area contributed by atoms with Crippen LogP contribution in [0.3, 0.4) is 0 Å². The van der Waals surface area contributed by atoms with Gasteiger partial charge in [0.25, 0.3) is 5.69 Å². The van der Waals surface area contributed by atoms with Crippen molar-refractivity contribution >= 4 is 23.7 Å². The summed E-state index contributed by atoms with van der Waals surface area (Å²) in [5.74, 6) is -2.16. The number of dihydropyridines is 1. The smallest absolute Gasteiger partial charge is 0.337 e. The van der Waals surface area contributed by atoms with E-state index < -0.39 is 22.8 Å². The van der Waals surface area contributed by atoms with Gasteiger partial charge in [0.2, 0.25) is 0 Å². The van der Waals surface area contributed by atoms with Gasteiger partial charge in [-0.1, -0.05) is 48.5 Å². The Morgan fingerprint density at radius 1 is 1.03 bits per heavy atom. The maximum absolute atomic E-state index is 13.1. The van der Waals surface area contributed by atoms with Crippen LogP contribution < -0.4 is 5.32 Å². The molecular formula is C25H24N2O6. The summed E-state index contributed by atoms with van der Waals surface area (Å²) < 4.78 is 10.4. The zero-order valence-corrected chi connectivity index (χ0v) is 18.5. The Labute approximate surface area is 191 Å². The van der Waals surface area contributed by atoms with Gasteiger partial charge in [0.05, 0.1) is 29.1 Å². The summed E-state index contributed by atoms with van der Waals surface area (Å²) >= 11 is 0. The summed E-state index contributed by atoms with van der Waals surface area (Å²) in [6.45, 7) is 3.39. The number of hydrogen-bond donors (Lipinski definition) is 1. The van der Waals surface area contributed by atoms with Crippen LogP contribution in [0.2, 0.25) is 0 Å². The minimum absolute atomic E-state index is 0.0163. The first-order chi connectivity index (χ1) is 15.8. The molecule has 0 saturated heterocycles. The fourth-order valence-corrected chi connectivity index (χ4v) is 3.75. The number of allylic oxidation sites excluding steroid dienone is 2. The molecular weight excluding hydrogens is 424 g/mol. The van der Waals surface area contributed by atoms with Crippen LogP contribution in [0.25, 0.3) is 6.08 Å². The van der Waals surface area contributed by atoms with Gasteiger partial charge in [0.15, 0.2) is 0 Å². The summed E-state index contributed by atoms with van der Waals surface area (Å²) in [6.07, 6.45) is 3.54. The predicted octanol–water partition coefficient (Wildman–Crippen LogP) is 4.26. The molecule has 0 amide bonds. The number of hydrogen-bond acceptors (Lipinski definition) is 7. The van der Waals surface area contributed by atoms with Crippen LogP contribution in [0.15, 0.2) is 83.2 Å². The number of carbonyl (C=O) groups excluding carboxylic acids is 2. The Kier molecular flexibility index (Phi) is 7.40. The van der Waals surface area contributed by atoms with E-state index in [-0.39, 0.29) is 23.4 Å². The molecule has 0 aromatic heterocycles. The van der Waals surface area contributed by atoms with Gasteiger partial charge in [0, 0.05) is 23.5 Å². The molecule has 0 bridgehead atoms. The van der Waals surface area contributed by atoms with E-state index in [1.807, 2.05) is 36.4 Å². The SMILES string of the molecule is COC(=O)C1=C(C)NC(C)=C(C(=O)OC/C=C/c2ccccc2)[C@@H]1c1cccc([N+](=O)[O-])c1. The van der Waals surface area contributed by atoms with Crippen LogP contribution in [-0.4, -0.2) is 30.6 Å². The van der Waals surface area contributed by atoms with Crippen molar-refractivity contribution in [2.45, 2.75) is 19.8 Å². The highest BCUT2D eigenvalue weighted by atomic mass is 16.6. The number of ether oxygens (including phenoxy) is 2. The van der Waals surface area contributed by atoms with E-state index in [0.717, 1.165) is 5.56 Å². The van der Waals surface area contributed by atoms with Crippen molar-refractivity contribution in [3.05, 3.63) is 104 Å². The zero-order valence-electron chi connectivity index (χ0n) is 18.5. The standard InChI is InChI=1S/C25H24N2O6/c1-16-21(24(28)32-3)23(19-12-7-13-20(15-19)27(30)31)22(17(2)26-16)25(29)33-14-8-11-18-9-5-4-6-10-18/h4-13,15,23,26H,14H2,1-3H3/b11-8+/t23-/m1/s1. The average molecular weight is 448 g/mol. The Hall–Kier alpha value is -4.20. The number of nitro benzene ring substituents is 1. The molecule has 0 saturated carbocycles. The van der Waals surface area contributed by atoms with E-state index >= 15 is 0 Å². The van der Waals surface area contributed by atoms with Gasteiger partial charge in [-0.15, -0.1) is 0 Å². The fraction of sp³-hybridized carbons (Fsp3) is 0.200. The monoisotopic (exact) mass is 448 g/mol. The van der Waals surface area contributed by atoms with Gasteiger partial charge >= 0.3 is 11.9 Å². The van der Waals surface area contributed by atoms with E-state index in [0.29, 0.717) is 17.0 Å². The van der Waals surface area contributed by atoms with E-state index in [1.165, 1.54) is 25.3 Å². The highest BCUT2D eigenvalue weighted by Gasteiger charge is 2.38. The molecule has 3 rings (SSSR count). The first-order valence-corrected chi connectivity index (χ1v) is 10.2. The Morgan fingerprint density at radius 3 is 2.33 bits per heavy atom. The van der Waals surface area contributed by atoms with Crippen molar-refractivity contribution in [3.63, 3.8) is 0 Å². The van der Waals surface area contributed by atoms with Gasteiger partial charge in [-0.2, -0.15) is 0 Å². The predicted molar refractivity (Wildman–Crippen MR) is 123 cm³/mol. The van der Waals surface area contributed by atoms with Crippen LogP contribution in [0.1, 0.15) is 30.9 Å². The minimum Gasteiger partial charge on any atom is -0.466 e. The third kappa shape index (κ3) is 5.35. The number of methoxy groups -OCH3 is 1. The molecule has 1 aliphatic heterocycles. The number of non-ortho nitro benzene ring substituents is 1. The van der Waals surface area contributed by atoms with Crippen LogP contribution >= 0.6 is 0 Å². The maximum atomic E-state index is 13.1. The molecule has 2 aromatic rings. The second-order valence-corrected chi connectivity index (χ2v) is 7.39. The molecule has 0 unspecified atom stereocenters. The van der Waals surface area contributed by atoms with Crippen molar-refractivity contribution in [1.82, 2.24) is 5.32 Å². The summed E-state index contributed by atoms with van der Waals surface area (Å²) in [6, 6.07) is 15.4. The Balaban J connectivity index is 1.95. The summed E-state index contributed by atoms with van der Waals surface area (Å²) in [5.41, 5.74) is 2.60. The van der Waals surface area contributed by atoms with Crippen LogP contribution in [-0.2, 0) is 19.1 Å². The summed E-state index contributed by atoms with van der Waals surface area (Å²) in [5, 5.41) is 14.4. The quantitative estimate of drug-likeness (QED) is 0.383. The van der Waals surface area contributed by atoms with E-state index in [1.54, 1.807) is 26.0 Å². The second-order valence-electron chi connectivity index (χ2n) is 7.39. The number of carbonyl (C=O) groups is 2. The number of esters is 2. The molecule has 1 aliphatic rings. The van der Waals surface area contributed by atoms with E-state index in [4.69, 9.17) is 9.47 Å². The Bertz CT molecular complexity index is 1160. The highest BCUT2D eigenvalue weighted by molar-refractivity contribution is 6.00. The Morgan fingerprint density at radius 2 is 1.70 bits per heavy atom.